The molecular formula is C21H28N4O3. The SMILES string of the molecule is CN1C[C@@]2(CO)C(O)[C@](CO)(C1)[C@@H](c1ccccn1)N(C)[C@H]2c1ccccn1. The van der Waals surface area contributed by atoms with Crippen LogP contribution in [0.3, 0.4) is 0 Å². The third-order valence-corrected chi connectivity index (χ3v) is 6.65. The molecule has 2 aliphatic rings. The Bertz CT molecular complexity index is 742. The number of fused-ring (bicyclic) bond motifs is 2. The molecule has 3 N–H and O–H groups in total. The van der Waals surface area contributed by atoms with Crippen molar-refractivity contribution >= 4 is 0 Å². The van der Waals surface area contributed by atoms with Gasteiger partial charge in [-0.2, -0.15) is 0 Å². The summed E-state index contributed by atoms with van der Waals surface area (Å²) in [7, 11) is 3.95. The van der Waals surface area contributed by atoms with Gasteiger partial charge in [-0.25, -0.2) is 0 Å². The van der Waals surface area contributed by atoms with E-state index in [1.807, 2.05) is 50.5 Å². The molecule has 4 heterocycles. The number of hydrogen-bond donors (Lipinski definition) is 3. The van der Waals surface area contributed by atoms with Crippen LogP contribution in [0.25, 0.3) is 0 Å². The first-order valence-corrected chi connectivity index (χ1v) is 9.62. The average Bonchev–Trinajstić information content (AvgIpc) is 2.72. The quantitative estimate of drug-likeness (QED) is 0.706. The highest BCUT2D eigenvalue weighted by atomic mass is 16.3. The molecule has 2 fully saturated rings. The Balaban J connectivity index is 1.96. The predicted molar refractivity (Wildman–Crippen MR) is 104 cm³/mol. The lowest BCUT2D eigenvalue weighted by atomic mass is 9.54. The lowest BCUT2D eigenvalue weighted by Crippen LogP contribution is -2.74. The van der Waals surface area contributed by atoms with Crippen LogP contribution < -0.4 is 0 Å². The van der Waals surface area contributed by atoms with Crippen molar-refractivity contribution in [3.8, 4) is 0 Å². The molecule has 2 aromatic heterocycles. The summed E-state index contributed by atoms with van der Waals surface area (Å²) < 4.78 is 0. The van der Waals surface area contributed by atoms with E-state index in [9.17, 15) is 15.3 Å². The van der Waals surface area contributed by atoms with Gasteiger partial charge in [0.15, 0.2) is 0 Å². The van der Waals surface area contributed by atoms with Gasteiger partial charge in [-0.15, -0.1) is 0 Å². The van der Waals surface area contributed by atoms with Crippen LogP contribution >= 0.6 is 0 Å². The van der Waals surface area contributed by atoms with Crippen LogP contribution in [0.4, 0.5) is 0 Å². The summed E-state index contributed by atoms with van der Waals surface area (Å²) in [5.74, 6) is 0. The maximum absolute atomic E-state index is 11.7. The minimum atomic E-state index is -0.915. The third kappa shape index (κ3) is 2.62. The molecule has 0 aromatic carbocycles. The van der Waals surface area contributed by atoms with Gasteiger partial charge >= 0.3 is 0 Å². The largest absolute Gasteiger partial charge is 0.396 e. The Morgan fingerprint density at radius 3 is 1.71 bits per heavy atom. The van der Waals surface area contributed by atoms with Gasteiger partial charge in [0.1, 0.15) is 0 Å². The molecular weight excluding hydrogens is 356 g/mol. The molecule has 2 bridgehead atoms. The van der Waals surface area contributed by atoms with Gasteiger partial charge in [0.25, 0.3) is 0 Å². The van der Waals surface area contributed by atoms with E-state index < -0.39 is 16.9 Å². The standard InChI is InChI=1S/C21H28N4O3/c1-24-11-20(13-26)17(15-7-3-5-9-22-15)25(2)18(16-8-4-6-10-23-16)21(12-24,14-27)19(20)28/h3-10,17-19,26-28H,11-14H2,1-2H3/t17-,18+,19?,20-,21-/m0/s1. The average molecular weight is 384 g/mol. The van der Waals surface area contributed by atoms with E-state index in [0.29, 0.717) is 13.1 Å². The van der Waals surface area contributed by atoms with E-state index in [-0.39, 0.29) is 25.3 Å². The van der Waals surface area contributed by atoms with Crippen molar-refractivity contribution in [1.82, 2.24) is 19.8 Å². The number of likely N-dealkylation sites (tertiary alicyclic amines) is 2. The van der Waals surface area contributed by atoms with Crippen LogP contribution in [0.5, 0.6) is 0 Å². The molecule has 150 valence electrons. The maximum Gasteiger partial charge on any atom is 0.0759 e. The van der Waals surface area contributed by atoms with Crippen molar-refractivity contribution in [2.45, 2.75) is 18.2 Å². The molecule has 0 spiro atoms. The van der Waals surface area contributed by atoms with Crippen molar-refractivity contribution in [3.05, 3.63) is 60.2 Å². The first-order chi connectivity index (χ1) is 13.5. The van der Waals surface area contributed by atoms with Gasteiger partial charge in [0.05, 0.1) is 53.6 Å². The number of nitrogens with zero attached hydrogens (tertiary/aromatic N) is 4. The van der Waals surface area contributed by atoms with Gasteiger partial charge in [-0.3, -0.25) is 14.9 Å². The van der Waals surface area contributed by atoms with Crippen LogP contribution in [0.1, 0.15) is 23.5 Å². The van der Waals surface area contributed by atoms with Gasteiger partial charge < -0.3 is 20.2 Å². The molecule has 0 saturated carbocycles. The summed E-state index contributed by atoms with van der Waals surface area (Å²) in [4.78, 5) is 13.4. The van der Waals surface area contributed by atoms with Crippen molar-refractivity contribution < 1.29 is 15.3 Å². The van der Waals surface area contributed by atoms with E-state index in [1.165, 1.54) is 0 Å². The fourth-order valence-electron chi connectivity index (χ4n) is 5.77. The minimum absolute atomic E-state index is 0.208. The second-order valence-electron chi connectivity index (χ2n) is 8.34. The topological polar surface area (TPSA) is 93.0 Å². The molecule has 7 nitrogen and oxygen atoms in total. The Morgan fingerprint density at radius 2 is 1.36 bits per heavy atom. The van der Waals surface area contributed by atoms with E-state index in [1.54, 1.807) is 12.4 Å². The van der Waals surface area contributed by atoms with Crippen LogP contribution in [0.2, 0.25) is 0 Å². The number of rotatable bonds is 4. The number of aliphatic hydroxyl groups is 3. The van der Waals surface area contributed by atoms with Gasteiger partial charge in [-0.05, 0) is 38.4 Å². The lowest BCUT2D eigenvalue weighted by Gasteiger charge is -2.66. The van der Waals surface area contributed by atoms with Crippen molar-refractivity contribution in [1.29, 1.82) is 0 Å². The number of pyridine rings is 2. The fraction of sp³-hybridized carbons (Fsp3) is 0.524. The van der Waals surface area contributed by atoms with Gasteiger partial charge in [0, 0.05) is 25.5 Å². The summed E-state index contributed by atoms with van der Waals surface area (Å²) in [5, 5.41) is 32.8. The fourth-order valence-corrected chi connectivity index (χ4v) is 5.77. The first-order valence-electron chi connectivity index (χ1n) is 9.62. The predicted octanol–water partition coefficient (Wildman–Crippen LogP) is 0.468. The lowest BCUT2D eigenvalue weighted by molar-refractivity contribution is -0.257. The molecule has 7 heteroatoms. The minimum Gasteiger partial charge on any atom is -0.396 e. The van der Waals surface area contributed by atoms with Gasteiger partial charge in [0.2, 0.25) is 0 Å². The normalized spacial score (nSPS) is 36.4. The summed E-state index contributed by atoms with van der Waals surface area (Å²) >= 11 is 0. The Kier molecular flexibility index (Phi) is 4.97. The summed E-state index contributed by atoms with van der Waals surface area (Å²) in [6.07, 6.45) is 2.55. The van der Waals surface area contributed by atoms with Crippen molar-refractivity contribution in [2.24, 2.45) is 10.8 Å². The zero-order valence-corrected chi connectivity index (χ0v) is 16.3. The second-order valence-corrected chi connectivity index (χ2v) is 8.34. The van der Waals surface area contributed by atoms with Crippen LogP contribution in [-0.2, 0) is 0 Å². The van der Waals surface area contributed by atoms with E-state index >= 15 is 0 Å². The summed E-state index contributed by atoms with van der Waals surface area (Å²) in [6, 6.07) is 10.8. The molecule has 0 amide bonds. The highest BCUT2D eigenvalue weighted by molar-refractivity contribution is 5.28. The van der Waals surface area contributed by atoms with E-state index in [0.717, 1.165) is 11.4 Å². The highest BCUT2D eigenvalue weighted by Gasteiger charge is 2.67. The first kappa shape index (κ1) is 19.4. The van der Waals surface area contributed by atoms with Crippen molar-refractivity contribution in [3.63, 3.8) is 0 Å². The summed E-state index contributed by atoms with van der Waals surface area (Å²) in [5.41, 5.74) is -0.157. The van der Waals surface area contributed by atoms with Crippen LogP contribution in [0.15, 0.2) is 48.8 Å². The molecule has 2 aromatic rings. The second kappa shape index (κ2) is 7.17. The monoisotopic (exact) mass is 384 g/mol. The summed E-state index contributed by atoms with van der Waals surface area (Å²) in [6.45, 7) is 0.599. The smallest absolute Gasteiger partial charge is 0.0759 e. The van der Waals surface area contributed by atoms with Gasteiger partial charge in [-0.1, -0.05) is 12.1 Å². The number of aliphatic hydroxyl groups excluding tert-OH is 3. The molecule has 28 heavy (non-hydrogen) atoms. The number of hydrogen-bond acceptors (Lipinski definition) is 7. The Morgan fingerprint density at radius 1 is 0.893 bits per heavy atom. The Hall–Kier alpha value is -1.90. The molecule has 5 atom stereocenters. The molecule has 2 aliphatic heterocycles. The Labute approximate surface area is 165 Å². The maximum atomic E-state index is 11.7. The molecule has 4 rings (SSSR count). The van der Waals surface area contributed by atoms with Crippen LogP contribution in [-0.4, -0.2) is 81.6 Å². The molecule has 1 unspecified atom stereocenters. The molecule has 0 radical (unpaired) electrons. The highest BCUT2D eigenvalue weighted by Crippen LogP contribution is 2.60. The molecule has 0 aliphatic carbocycles. The van der Waals surface area contributed by atoms with Crippen LogP contribution in [0, 0.1) is 10.8 Å². The number of piperidine rings is 2. The van der Waals surface area contributed by atoms with E-state index in [4.69, 9.17) is 0 Å². The zero-order valence-electron chi connectivity index (χ0n) is 16.3. The van der Waals surface area contributed by atoms with Crippen molar-refractivity contribution in [2.75, 3.05) is 40.4 Å². The van der Waals surface area contributed by atoms with E-state index in [2.05, 4.69) is 19.8 Å². The molecule has 2 saturated heterocycles. The third-order valence-electron chi connectivity index (χ3n) is 6.65. The zero-order chi connectivity index (χ0) is 19.9. The number of aromatic nitrogens is 2.